The zero-order valence-electron chi connectivity index (χ0n) is 16.4. The molecule has 0 atom stereocenters. The third kappa shape index (κ3) is 3.84. The van der Waals surface area contributed by atoms with Gasteiger partial charge in [-0.15, -0.1) is 0 Å². The van der Waals surface area contributed by atoms with Gasteiger partial charge in [0.15, 0.2) is 0 Å². The lowest BCUT2D eigenvalue weighted by molar-refractivity contribution is 0.0546. The molecule has 2 aromatic rings. The minimum Gasteiger partial charge on any atom is -0.474 e. The van der Waals surface area contributed by atoms with Crippen LogP contribution in [0.1, 0.15) is 28.8 Å². The maximum atomic E-state index is 13.3. The summed E-state index contributed by atoms with van der Waals surface area (Å²) >= 11 is 6.04. The van der Waals surface area contributed by atoms with Crippen molar-refractivity contribution in [1.29, 1.82) is 0 Å². The molecule has 1 aromatic carbocycles. The molecule has 3 heterocycles. The van der Waals surface area contributed by atoms with E-state index in [4.69, 9.17) is 16.3 Å². The van der Waals surface area contributed by atoms with Crippen LogP contribution < -0.4 is 9.04 Å². The Balaban J connectivity index is 1.68. The number of carbonyl (C=O) groups excluding carboxylic acids is 1. The van der Waals surface area contributed by atoms with Crippen LogP contribution in [-0.2, 0) is 10.0 Å². The summed E-state index contributed by atoms with van der Waals surface area (Å²) in [6.45, 7) is 2.89. The number of piperidine rings is 1. The number of aryl methyl sites for hydroxylation is 1. The number of aromatic nitrogens is 1. The molecule has 0 aliphatic carbocycles. The molecule has 160 valence electrons. The predicted octanol–water partition coefficient (Wildman–Crippen LogP) is 2.23. The Hall–Kier alpha value is -2.36. The van der Waals surface area contributed by atoms with Crippen LogP contribution in [-0.4, -0.2) is 61.7 Å². The Bertz CT molecular complexity index is 1080. The van der Waals surface area contributed by atoms with Gasteiger partial charge in [-0.25, -0.2) is 13.4 Å². The number of amides is 1. The number of hydrogen-bond donors (Lipinski definition) is 1. The van der Waals surface area contributed by atoms with Crippen molar-refractivity contribution in [3.8, 4) is 5.88 Å². The summed E-state index contributed by atoms with van der Waals surface area (Å²) in [7, 11) is -3.89. The number of fused-ring (bicyclic) bond motifs is 1. The molecular weight excluding hydrogens is 430 g/mol. The monoisotopic (exact) mass is 451 g/mol. The largest absolute Gasteiger partial charge is 0.474 e. The fraction of sp³-hybridized carbons (Fsp3) is 0.400. The molecule has 1 amide bonds. The maximum absolute atomic E-state index is 13.3. The van der Waals surface area contributed by atoms with E-state index in [1.54, 1.807) is 17.9 Å². The number of pyridine rings is 1. The molecule has 2 aliphatic rings. The van der Waals surface area contributed by atoms with E-state index in [1.807, 2.05) is 0 Å². The number of carbonyl (C=O) groups is 1. The highest BCUT2D eigenvalue weighted by molar-refractivity contribution is 7.92. The van der Waals surface area contributed by atoms with Gasteiger partial charge in [-0.3, -0.25) is 9.10 Å². The fourth-order valence-corrected chi connectivity index (χ4v) is 5.24. The fourth-order valence-electron chi connectivity index (χ4n) is 3.60. The third-order valence-electron chi connectivity index (χ3n) is 5.35. The summed E-state index contributed by atoms with van der Waals surface area (Å²) in [6.07, 6.45) is 2.04. The molecule has 1 N–H and O–H groups in total. The number of rotatable bonds is 3. The molecule has 10 heteroatoms. The SMILES string of the molecule is Cc1cc(S(=O)(=O)N2CCOc3ncc(C(=O)N4CCC(O)CC4)cc32)ccc1Cl. The van der Waals surface area contributed by atoms with Crippen LogP contribution >= 0.6 is 11.6 Å². The lowest BCUT2D eigenvalue weighted by Gasteiger charge is -2.32. The second-order valence-electron chi connectivity index (χ2n) is 7.41. The van der Waals surface area contributed by atoms with Gasteiger partial charge < -0.3 is 14.7 Å². The Morgan fingerprint density at radius 3 is 2.67 bits per heavy atom. The quantitative estimate of drug-likeness (QED) is 0.768. The third-order valence-corrected chi connectivity index (χ3v) is 7.58. The van der Waals surface area contributed by atoms with Crippen LogP contribution in [0.3, 0.4) is 0 Å². The number of benzene rings is 1. The first-order valence-electron chi connectivity index (χ1n) is 9.66. The predicted molar refractivity (Wildman–Crippen MR) is 112 cm³/mol. The van der Waals surface area contributed by atoms with E-state index in [0.717, 1.165) is 0 Å². The number of halogens is 1. The van der Waals surface area contributed by atoms with Crippen molar-refractivity contribution in [3.05, 3.63) is 46.6 Å². The smallest absolute Gasteiger partial charge is 0.264 e. The van der Waals surface area contributed by atoms with Gasteiger partial charge >= 0.3 is 0 Å². The van der Waals surface area contributed by atoms with Crippen molar-refractivity contribution in [3.63, 3.8) is 0 Å². The topological polar surface area (TPSA) is 100 Å². The van der Waals surface area contributed by atoms with Gasteiger partial charge in [0.05, 0.1) is 23.1 Å². The van der Waals surface area contributed by atoms with E-state index in [2.05, 4.69) is 4.98 Å². The van der Waals surface area contributed by atoms with Gasteiger partial charge in [0.2, 0.25) is 5.88 Å². The van der Waals surface area contributed by atoms with Crippen molar-refractivity contribution in [2.45, 2.75) is 30.8 Å². The molecule has 0 spiro atoms. The molecule has 0 radical (unpaired) electrons. The van der Waals surface area contributed by atoms with Crippen LogP contribution in [0.2, 0.25) is 5.02 Å². The molecule has 1 fully saturated rings. The number of hydrogen-bond acceptors (Lipinski definition) is 6. The number of nitrogens with zero attached hydrogens (tertiary/aromatic N) is 3. The summed E-state index contributed by atoms with van der Waals surface area (Å²) in [5.41, 5.74) is 1.17. The normalized spacial score (nSPS) is 17.4. The molecule has 1 aromatic heterocycles. The van der Waals surface area contributed by atoms with Gasteiger partial charge in [0, 0.05) is 24.3 Å². The average molecular weight is 452 g/mol. The van der Waals surface area contributed by atoms with Crippen molar-refractivity contribution in [2.24, 2.45) is 0 Å². The van der Waals surface area contributed by atoms with E-state index in [1.165, 1.54) is 28.7 Å². The number of aliphatic hydroxyl groups excluding tert-OH is 1. The minimum atomic E-state index is -3.89. The summed E-state index contributed by atoms with van der Waals surface area (Å²) in [5, 5.41) is 10.1. The van der Waals surface area contributed by atoms with Crippen LogP contribution in [0.5, 0.6) is 5.88 Å². The highest BCUT2D eigenvalue weighted by atomic mass is 35.5. The molecule has 0 bridgehead atoms. The number of ether oxygens (including phenoxy) is 1. The van der Waals surface area contributed by atoms with E-state index < -0.39 is 16.1 Å². The summed E-state index contributed by atoms with van der Waals surface area (Å²) < 4.78 is 33.4. The molecular formula is C20H22ClN3O5S. The first-order chi connectivity index (χ1) is 14.3. The number of anilines is 1. The molecule has 30 heavy (non-hydrogen) atoms. The van der Waals surface area contributed by atoms with Gasteiger partial charge in [0.25, 0.3) is 15.9 Å². The lowest BCUT2D eigenvalue weighted by Crippen LogP contribution is -2.41. The zero-order chi connectivity index (χ0) is 21.5. The summed E-state index contributed by atoms with van der Waals surface area (Å²) in [4.78, 5) is 18.8. The Kier molecular flexibility index (Phi) is 5.61. The van der Waals surface area contributed by atoms with Crippen LogP contribution in [0.15, 0.2) is 35.4 Å². The van der Waals surface area contributed by atoms with E-state index in [9.17, 15) is 18.3 Å². The maximum Gasteiger partial charge on any atom is 0.264 e. The summed E-state index contributed by atoms with van der Waals surface area (Å²) in [6, 6.07) is 6.04. The highest BCUT2D eigenvalue weighted by Crippen LogP contribution is 2.35. The Morgan fingerprint density at radius 2 is 1.97 bits per heavy atom. The van der Waals surface area contributed by atoms with E-state index in [-0.39, 0.29) is 41.1 Å². The van der Waals surface area contributed by atoms with E-state index in [0.29, 0.717) is 36.5 Å². The lowest BCUT2D eigenvalue weighted by atomic mass is 10.1. The molecule has 8 nitrogen and oxygen atoms in total. The number of likely N-dealkylation sites (tertiary alicyclic amines) is 1. The number of sulfonamides is 1. The molecule has 0 unspecified atom stereocenters. The average Bonchev–Trinajstić information content (AvgIpc) is 2.74. The zero-order valence-corrected chi connectivity index (χ0v) is 18.0. The second kappa shape index (κ2) is 8.05. The molecule has 1 saturated heterocycles. The van der Waals surface area contributed by atoms with E-state index >= 15 is 0 Å². The Morgan fingerprint density at radius 1 is 1.23 bits per heavy atom. The summed E-state index contributed by atoms with van der Waals surface area (Å²) in [5.74, 6) is -0.0800. The standard InChI is InChI=1S/C20H22ClN3O5S/c1-13-10-16(2-3-17(13)21)30(27,28)24-8-9-29-19-18(24)11-14(12-22-19)20(26)23-6-4-15(25)5-7-23/h2-3,10-12,15,25H,4-9H2,1H3. The number of aliphatic hydroxyl groups is 1. The molecule has 2 aliphatic heterocycles. The van der Waals surface area contributed by atoms with Gasteiger partial charge in [-0.05, 0) is 49.6 Å². The van der Waals surface area contributed by atoms with Crippen LogP contribution in [0.4, 0.5) is 5.69 Å². The van der Waals surface area contributed by atoms with Crippen LogP contribution in [0, 0.1) is 6.92 Å². The van der Waals surface area contributed by atoms with Gasteiger partial charge in [-0.2, -0.15) is 0 Å². The van der Waals surface area contributed by atoms with Crippen molar-refractivity contribution < 1.29 is 23.1 Å². The highest BCUT2D eigenvalue weighted by Gasteiger charge is 2.33. The van der Waals surface area contributed by atoms with Crippen molar-refractivity contribution >= 4 is 33.2 Å². The van der Waals surface area contributed by atoms with Gasteiger partial charge in [-0.1, -0.05) is 11.6 Å². The first kappa shape index (κ1) is 20.9. The molecule has 0 saturated carbocycles. The second-order valence-corrected chi connectivity index (χ2v) is 9.68. The Labute approximate surface area is 180 Å². The molecule has 4 rings (SSSR count). The first-order valence-corrected chi connectivity index (χ1v) is 11.5. The van der Waals surface area contributed by atoms with Crippen molar-refractivity contribution in [2.75, 3.05) is 30.5 Å². The van der Waals surface area contributed by atoms with Gasteiger partial charge in [0.1, 0.15) is 12.3 Å². The minimum absolute atomic E-state index is 0.103. The van der Waals surface area contributed by atoms with Crippen LogP contribution in [0.25, 0.3) is 0 Å². The van der Waals surface area contributed by atoms with Crippen molar-refractivity contribution in [1.82, 2.24) is 9.88 Å².